The van der Waals surface area contributed by atoms with E-state index in [0.717, 1.165) is 18.4 Å². The van der Waals surface area contributed by atoms with Crippen LogP contribution in [-0.2, 0) is 0 Å². The van der Waals surface area contributed by atoms with Crippen molar-refractivity contribution < 1.29 is 0 Å². The molecule has 0 fully saturated rings. The molecule has 4 nitrogen and oxygen atoms in total. The number of aromatic nitrogens is 2. The predicted octanol–water partition coefficient (Wildman–Crippen LogP) is 4.32. The van der Waals surface area contributed by atoms with Gasteiger partial charge < -0.3 is 4.57 Å². The Labute approximate surface area is 133 Å². The van der Waals surface area contributed by atoms with Gasteiger partial charge in [0.1, 0.15) is 12.1 Å². The Kier molecular flexibility index (Phi) is 4.85. The monoisotopic (exact) mass is 318 g/mol. The van der Waals surface area contributed by atoms with Crippen molar-refractivity contribution in [2.75, 3.05) is 0 Å². The van der Waals surface area contributed by atoms with Gasteiger partial charge in [-0.2, -0.15) is 10.5 Å². The Morgan fingerprint density at radius 3 is 2.57 bits per heavy atom. The van der Waals surface area contributed by atoms with Crippen LogP contribution in [0.5, 0.6) is 0 Å². The zero-order valence-corrected chi connectivity index (χ0v) is 12.9. The average molecular weight is 319 g/mol. The smallest absolute Gasteiger partial charge is 0.176 e. The van der Waals surface area contributed by atoms with Crippen LogP contribution >= 0.6 is 23.2 Å². The van der Waals surface area contributed by atoms with Gasteiger partial charge in [-0.25, -0.2) is 4.98 Å². The van der Waals surface area contributed by atoms with Gasteiger partial charge in [0.2, 0.25) is 0 Å². The third-order valence-electron chi connectivity index (χ3n) is 3.23. The van der Waals surface area contributed by atoms with E-state index >= 15 is 0 Å². The largest absolute Gasteiger partial charge is 0.314 e. The molecule has 0 bridgehead atoms. The highest BCUT2D eigenvalue weighted by atomic mass is 35.5. The molecule has 1 unspecified atom stereocenters. The van der Waals surface area contributed by atoms with Crippen LogP contribution < -0.4 is 0 Å². The Morgan fingerprint density at radius 2 is 2.00 bits per heavy atom. The third-order valence-corrected chi connectivity index (χ3v) is 3.97. The molecular weight excluding hydrogens is 307 g/mol. The molecule has 106 valence electrons. The van der Waals surface area contributed by atoms with Crippen LogP contribution in [0.4, 0.5) is 0 Å². The minimum atomic E-state index is -0.103. The first-order valence-corrected chi connectivity index (χ1v) is 7.19. The summed E-state index contributed by atoms with van der Waals surface area (Å²) in [6.07, 6.45) is 3.24. The van der Waals surface area contributed by atoms with Gasteiger partial charge in [-0.3, -0.25) is 0 Å². The Bertz CT molecular complexity index is 737. The highest BCUT2D eigenvalue weighted by Gasteiger charge is 2.20. The molecule has 1 aromatic heterocycles. The van der Waals surface area contributed by atoms with Gasteiger partial charge in [0.05, 0.1) is 22.4 Å². The van der Waals surface area contributed by atoms with E-state index in [1.54, 1.807) is 16.7 Å². The molecule has 0 spiro atoms. The summed E-state index contributed by atoms with van der Waals surface area (Å²) in [5.41, 5.74) is 1.34. The van der Waals surface area contributed by atoms with Crippen molar-refractivity contribution in [1.82, 2.24) is 9.55 Å². The predicted molar refractivity (Wildman–Crippen MR) is 81.2 cm³/mol. The molecule has 21 heavy (non-hydrogen) atoms. The number of hydrogen-bond donors (Lipinski definition) is 0. The average Bonchev–Trinajstić information content (AvgIpc) is 2.90. The van der Waals surface area contributed by atoms with Crippen LogP contribution in [0.2, 0.25) is 10.0 Å². The molecule has 1 aromatic carbocycles. The molecule has 0 amide bonds. The van der Waals surface area contributed by atoms with E-state index in [9.17, 15) is 5.26 Å². The van der Waals surface area contributed by atoms with E-state index in [1.165, 1.54) is 6.33 Å². The topological polar surface area (TPSA) is 65.4 Å². The van der Waals surface area contributed by atoms with Crippen molar-refractivity contribution in [1.29, 1.82) is 10.5 Å². The van der Waals surface area contributed by atoms with Crippen LogP contribution in [-0.4, -0.2) is 9.55 Å². The lowest BCUT2D eigenvalue weighted by atomic mass is 10.0. The maximum absolute atomic E-state index is 9.27. The summed E-state index contributed by atoms with van der Waals surface area (Å²) in [6, 6.07) is 9.28. The highest BCUT2D eigenvalue weighted by molar-refractivity contribution is 6.42. The molecule has 0 N–H and O–H groups in total. The van der Waals surface area contributed by atoms with E-state index in [2.05, 4.69) is 11.9 Å². The van der Waals surface area contributed by atoms with E-state index in [1.807, 2.05) is 18.2 Å². The normalized spacial score (nSPS) is 11.7. The van der Waals surface area contributed by atoms with Crippen molar-refractivity contribution in [3.05, 3.63) is 51.5 Å². The molecule has 2 rings (SSSR count). The van der Waals surface area contributed by atoms with Gasteiger partial charge in [0.15, 0.2) is 11.4 Å². The number of imidazole rings is 1. The third kappa shape index (κ3) is 3.03. The maximum atomic E-state index is 9.27. The first-order chi connectivity index (χ1) is 10.1. The van der Waals surface area contributed by atoms with Gasteiger partial charge in [-0.1, -0.05) is 42.6 Å². The van der Waals surface area contributed by atoms with Gasteiger partial charge in [-0.05, 0) is 24.1 Å². The lowest BCUT2D eigenvalue weighted by Crippen LogP contribution is -2.12. The molecular formula is C15H12Cl2N4. The summed E-state index contributed by atoms with van der Waals surface area (Å²) in [6.45, 7) is 2.05. The quantitative estimate of drug-likeness (QED) is 0.843. The van der Waals surface area contributed by atoms with Crippen LogP contribution in [0.1, 0.15) is 42.8 Å². The lowest BCUT2D eigenvalue weighted by molar-refractivity contribution is 0.528. The number of nitrogens with zero attached hydrogens (tertiary/aromatic N) is 4. The van der Waals surface area contributed by atoms with Gasteiger partial charge in [0, 0.05) is 0 Å². The first-order valence-electron chi connectivity index (χ1n) is 6.44. The minimum Gasteiger partial charge on any atom is -0.314 e. The zero-order chi connectivity index (χ0) is 15.4. The molecule has 1 atom stereocenters. The summed E-state index contributed by atoms with van der Waals surface area (Å²) < 4.78 is 1.72. The SMILES string of the molecule is CCCC(c1ccc(Cl)c(Cl)c1)n1cnc(C#N)c1C#N. The molecule has 0 saturated carbocycles. The lowest BCUT2D eigenvalue weighted by Gasteiger charge is -2.19. The van der Waals surface area contributed by atoms with E-state index in [0.29, 0.717) is 10.0 Å². The number of benzene rings is 1. The standard InChI is InChI=1S/C15H12Cl2N4/c1-2-3-14(10-4-5-11(16)12(17)6-10)21-9-20-13(7-18)15(21)8-19/h4-6,9,14H,2-3H2,1H3. The highest BCUT2D eigenvalue weighted by Crippen LogP contribution is 2.31. The molecule has 0 aliphatic heterocycles. The first kappa shape index (κ1) is 15.4. The van der Waals surface area contributed by atoms with Gasteiger partial charge in [0.25, 0.3) is 0 Å². The Morgan fingerprint density at radius 1 is 1.24 bits per heavy atom. The molecule has 0 radical (unpaired) electrons. The fraction of sp³-hybridized carbons (Fsp3) is 0.267. The fourth-order valence-electron chi connectivity index (χ4n) is 2.25. The number of nitriles is 2. The van der Waals surface area contributed by atoms with E-state index in [4.69, 9.17) is 28.5 Å². The summed E-state index contributed by atoms with van der Waals surface area (Å²) >= 11 is 12.0. The summed E-state index contributed by atoms with van der Waals surface area (Å²) in [5.74, 6) is 0. The molecule has 0 aliphatic carbocycles. The molecule has 1 heterocycles. The summed E-state index contributed by atoms with van der Waals surface area (Å²) in [7, 11) is 0. The molecule has 2 aromatic rings. The maximum Gasteiger partial charge on any atom is 0.176 e. The van der Waals surface area contributed by atoms with Crippen LogP contribution in [0.25, 0.3) is 0 Å². The molecule has 0 saturated heterocycles. The van der Waals surface area contributed by atoms with E-state index < -0.39 is 0 Å². The zero-order valence-electron chi connectivity index (χ0n) is 11.3. The van der Waals surface area contributed by atoms with Crippen molar-refractivity contribution in [2.45, 2.75) is 25.8 Å². The fourth-order valence-corrected chi connectivity index (χ4v) is 2.56. The van der Waals surface area contributed by atoms with Crippen molar-refractivity contribution in [3.63, 3.8) is 0 Å². The Hall–Kier alpha value is -2.01. The van der Waals surface area contributed by atoms with Gasteiger partial charge >= 0.3 is 0 Å². The van der Waals surface area contributed by atoms with Crippen molar-refractivity contribution in [2.24, 2.45) is 0 Å². The van der Waals surface area contributed by atoms with Crippen molar-refractivity contribution in [3.8, 4) is 12.1 Å². The summed E-state index contributed by atoms with van der Waals surface area (Å²) in [5, 5.41) is 19.2. The van der Waals surface area contributed by atoms with E-state index in [-0.39, 0.29) is 17.4 Å². The molecule has 6 heteroatoms. The minimum absolute atomic E-state index is 0.103. The second kappa shape index (κ2) is 6.63. The Balaban J connectivity index is 2.54. The second-order valence-corrected chi connectivity index (χ2v) is 5.37. The van der Waals surface area contributed by atoms with Gasteiger partial charge in [-0.15, -0.1) is 0 Å². The number of rotatable bonds is 4. The number of hydrogen-bond acceptors (Lipinski definition) is 3. The van der Waals surface area contributed by atoms with Crippen LogP contribution in [0.15, 0.2) is 24.5 Å². The molecule has 0 aliphatic rings. The van der Waals surface area contributed by atoms with Crippen molar-refractivity contribution >= 4 is 23.2 Å². The van der Waals surface area contributed by atoms with Crippen LogP contribution in [0.3, 0.4) is 0 Å². The number of halogens is 2. The summed E-state index contributed by atoms with van der Waals surface area (Å²) in [4.78, 5) is 3.99. The second-order valence-electron chi connectivity index (χ2n) is 4.55. The van der Waals surface area contributed by atoms with Crippen LogP contribution in [0, 0.1) is 22.7 Å².